The van der Waals surface area contributed by atoms with E-state index in [4.69, 9.17) is 10.7 Å². The fraction of sp³-hybridized carbons (Fsp3) is 0.688. The monoisotopic (exact) mass is 276 g/mol. The van der Waals surface area contributed by atoms with Crippen LogP contribution in [0.5, 0.6) is 0 Å². The SMILES string of the molecule is CCc1cc(CN)cc(N2CCN(C(C)CC)CC2)n1. The fourth-order valence-electron chi connectivity index (χ4n) is 2.74. The molecule has 2 heterocycles. The summed E-state index contributed by atoms with van der Waals surface area (Å²) in [4.78, 5) is 9.74. The van der Waals surface area contributed by atoms with E-state index in [9.17, 15) is 0 Å². The summed E-state index contributed by atoms with van der Waals surface area (Å²) in [6.45, 7) is 11.7. The minimum absolute atomic E-state index is 0.593. The van der Waals surface area contributed by atoms with Crippen molar-refractivity contribution < 1.29 is 0 Å². The molecule has 0 aromatic carbocycles. The smallest absolute Gasteiger partial charge is 0.129 e. The summed E-state index contributed by atoms with van der Waals surface area (Å²) in [6, 6.07) is 4.96. The van der Waals surface area contributed by atoms with Gasteiger partial charge in [-0.3, -0.25) is 4.90 Å². The number of anilines is 1. The standard InChI is InChI=1S/C16H28N4/c1-4-13(3)19-6-8-20(9-7-19)16-11-14(12-17)10-15(5-2)18-16/h10-11,13H,4-9,12,17H2,1-3H3. The van der Waals surface area contributed by atoms with Crippen LogP contribution in [0.3, 0.4) is 0 Å². The molecule has 4 heteroatoms. The second-order valence-corrected chi connectivity index (χ2v) is 5.66. The second-order valence-electron chi connectivity index (χ2n) is 5.66. The minimum Gasteiger partial charge on any atom is -0.354 e. The van der Waals surface area contributed by atoms with Crippen LogP contribution in [0.1, 0.15) is 38.4 Å². The van der Waals surface area contributed by atoms with Crippen LogP contribution in [-0.2, 0) is 13.0 Å². The third kappa shape index (κ3) is 3.49. The molecule has 0 amide bonds. The van der Waals surface area contributed by atoms with Crippen molar-refractivity contribution in [2.45, 2.75) is 46.2 Å². The van der Waals surface area contributed by atoms with Gasteiger partial charge in [0.25, 0.3) is 0 Å². The summed E-state index contributed by atoms with van der Waals surface area (Å²) in [5, 5.41) is 0. The van der Waals surface area contributed by atoms with E-state index in [1.807, 2.05) is 0 Å². The number of hydrogen-bond acceptors (Lipinski definition) is 4. The third-order valence-electron chi connectivity index (χ3n) is 4.38. The lowest BCUT2D eigenvalue weighted by Gasteiger charge is -2.38. The van der Waals surface area contributed by atoms with Gasteiger partial charge < -0.3 is 10.6 Å². The molecular weight excluding hydrogens is 248 g/mol. The van der Waals surface area contributed by atoms with Crippen molar-refractivity contribution in [3.8, 4) is 0 Å². The molecule has 0 aliphatic carbocycles. The van der Waals surface area contributed by atoms with Gasteiger partial charge in [-0.1, -0.05) is 13.8 Å². The quantitative estimate of drug-likeness (QED) is 0.894. The minimum atomic E-state index is 0.593. The van der Waals surface area contributed by atoms with Crippen LogP contribution in [0.15, 0.2) is 12.1 Å². The molecule has 1 fully saturated rings. The zero-order valence-corrected chi connectivity index (χ0v) is 13.1. The third-order valence-corrected chi connectivity index (χ3v) is 4.38. The summed E-state index contributed by atoms with van der Waals surface area (Å²) >= 11 is 0. The highest BCUT2D eigenvalue weighted by Crippen LogP contribution is 2.18. The predicted octanol–water partition coefficient (Wildman–Crippen LogP) is 2.02. The van der Waals surface area contributed by atoms with Crippen molar-refractivity contribution in [1.29, 1.82) is 0 Å². The predicted molar refractivity (Wildman–Crippen MR) is 85.0 cm³/mol. The largest absolute Gasteiger partial charge is 0.354 e. The molecule has 1 aromatic heterocycles. The van der Waals surface area contributed by atoms with Crippen molar-refractivity contribution in [1.82, 2.24) is 9.88 Å². The highest BCUT2D eigenvalue weighted by molar-refractivity contribution is 5.43. The molecule has 2 N–H and O–H groups in total. The summed E-state index contributed by atoms with van der Waals surface area (Å²) in [5.41, 5.74) is 8.13. The summed E-state index contributed by atoms with van der Waals surface area (Å²) in [6.07, 6.45) is 2.19. The zero-order chi connectivity index (χ0) is 14.5. The number of aromatic nitrogens is 1. The Balaban J connectivity index is 2.06. The van der Waals surface area contributed by atoms with Gasteiger partial charge in [0.15, 0.2) is 0 Å². The summed E-state index contributed by atoms with van der Waals surface area (Å²) in [7, 11) is 0. The van der Waals surface area contributed by atoms with Crippen molar-refractivity contribution >= 4 is 5.82 Å². The van der Waals surface area contributed by atoms with Gasteiger partial charge in [0.2, 0.25) is 0 Å². The van der Waals surface area contributed by atoms with Gasteiger partial charge in [0.05, 0.1) is 0 Å². The fourth-order valence-corrected chi connectivity index (χ4v) is 2.74. The molecule has 0 spiro atoms. The Morgan fingerprint density at radius 3 is 2.45 bits per heavy atom. The van der Waals surface area contributed by atoms with E-state index in [-0.39, 0.29) is 0 Å². The van der Waals surface area contributed by atoms with Gasteiger partial charge in [0.1, 0.15) is 5.82 Å². The van der Waals surface area contributed by atoms with Crippen molar-refractivity contribution in [3.63, 3.8) is 0 Å². The summed E-state index contributed by atoms with van der Waals surface area (Å²) in [5.74, 6) is 1.11. The highest BCUT2D eigenvalue weighted by Gasteiger charge is 2.21. The first-order chi connectivity index (χ1) is 9.67. The van der Waals surface area contributed by atoms with E-state index >= 15 is 0 Å². The number of pyridine rings is 1. The number of nitrogens with zero attached hydrogens (tertiary/aromatic N) is 3. The molecule has 1 unspecified atom stereocenters. The first kappa shape index (κ1) is 15.3. The van der Waals surface area contributed by atoms with E-state index in [0.717, 1.165) is 44.1 Å². The molecule has 0 bridgehead atoms. The number of rotatable bonds is 5. The van der Waals surface area contributed by atoms with Crippen LogP contribution < -0.4 is 10.6 Å². The van der Waals surface area contributed by atoms with Crippen LogP contribution in [0, 0.1) is 0 Å². The van der Waals surface area contributed by atoms with Gasteiger partial charge in [-0.2, -0.15) is 0 Å². The molecule has 1 aromatic rings. The Morgan fingerprint density at radius 1 is 1.20 bits per heavy atom. The van der Waals surface area contributed by atoms with Crippen LogP contribution >= 0.6 is 0 Å². The Hall–Kier alpha value is -1.13. The van der Waals surface area contributed by atoms with Gasteiger partial charge in [-0.25, -0.2) is 4.98 Å². The van der Waals surface area contributed by atoms with Crippen molar-refractivity contribution in [3.05, 3.63) is 23.4 Å². The molecule has 0 saturated carbocycles. The van der Waals surface area contributed by atoms with Crippen LogP contribution in [-0.4, -0.2) is 42.1 Å². The maximum Gasteiger partial charge on any atom is 0.129 e. The van der Waals surface area contributed by atoms with E-state index in [0.29, 0.717) is 12.6 Å². The normalized spacial score (nSPS) is 18.3. The van der Waals surface area contributed by atoms with Crippen LogP contribution in [0.25, 0.3) is 0 Å². The number of aryl methyl sites for hydroxylation is 1. The topological polar surface area (TPSA) is 45.4 Å². The highest BCUT2D eigenvalue weighted by atomic mass is 15.3. The Bertz CT molecular complexity index is 402. The molecule has 1 saturated heterocycles. The zero-order valence-electron chi connectivity index (χ0n) is 13.1. The lowest BCUT2D eigenvalue weighted by atomic mass is 10.1. The maximum absolute atomic E-state index is 5.80. The van der Waals surface area contributed by atoms with Crippen LogP contribution in [0.4, 0.5) is 5.82 Å². The molecule has 20 heavy (non-hydrogen) atoms. The van der Waals surface area contributed by atoms with Gasteiger partial charge in [-0.15, -0.1) is 0 Å². The van der Waals surface area contributed by atoms with Crippen molar-refractivity contribution in [2.75, 3.05) is 31.1 Å². The van der Waals surface area contributed by atoms with E-state index in [2.05, 4.69) is 42.7 Å². The Labute approximate surface area is 123 Å². The molecule has 0 radical (unpaired) electrons. The first-order valence-electron chi connectivity index (χ1n) is 7.86. The molecule has 2 rings (SSSR count). The average molecular weight is 276 g/mol. The molecule has 1 aliphatic rings. The lowest BCUT2D eigenvalue weighted by Crippen LogP contribution is -2.49. The second kappa shape index (κ2) is 7.04. The molecule has 4 nitrogen and oxygen atoms in total. The van der Waals surface area contributed by atoms with Crippen molar-refractivity contribution in [2.24, 2.45) is 5.73 Å². The van der Waals surface area contributed by atoms with Gasteiger partial charge in [0, 0.05) is 44.5 Å². The number of piperazine rings is 1. The molecule has 1 aliphatic heterocycles. The average Bonchev–Trinajstić information content (AvgIpc) is 2.53. The van der Waals surface area contributed by atoms with Gasteiger partial charge in [-0.05, 0) is 37.5 Å². The molecular formula is C16H28N4. The Morgan fingerprint density at radius 2 is 1.90 bits per heavy atom. The maximum atomic E-state index is 5.80. The molecule has 112 valence electrons. The number of nitrogens with two attached hydrogens (primary N) is 1. The van der Waals surface area contributed by atoms with E-state index in [1.54, 1.807) is 0 Å². The number of hydrogen-bond donors (Lipinski definition) is 1. The lowest BCUT2D eigenvalue weighted by molar-refractivity contribution is 0.192. The van der Waals surface area contributed by atoms with Crippen LogP contribution in [0.2, 0.25) is 0 Å². The van der Waals surface area contributed by atoms with Gasteiger partial charge >= 0.3 is 0 Å². The Kier molecular flexibility index (Phi) is 5.38. The van der Waals surface area contributed by atoms with E-state index < -0.39 is 0 Å². The van der Waals surface area contributed by atoms with E-state index in [1.165, 1.54) is 12.0 Å². The first-order valence-corrected chi connectivity index (χ1v) is 7.86. The molecule has 1 atom stereocenters. The summed E-state index contributed by atoms with van der Waals surface area (Å²) < 4.78 is 0.